The molecule has 13 heavy (non-hydrogen) atoms. The third kappa shape index (κ3) is 1.75. The number of hydrogen-bond donors (Lipinski definition) is 1. The Labute approximate surface area is 81.0 Å². The molecule has 0 atom stereocenters. The van der Waals surface area contributed by atoms with Gasteiger partial charge in [0.1, 0.15) is 0 Å². The Morgan fingerprint density at radius 3 is 2.31 bits per heavy atom. The summed E-state index contributed by atoms with van der Waals surface area (Å²) < 4.78 is 5.25. The first-order valence-electron chi connectivity index (χ1n) is 5.51. The van der Waals surface area contributed by atoms with Gasteiger partial charge in [0.15, 0.2) is 0 Å². The lowest BCUT2D eigenvalue weighted by Gasteiger charge is -2.47. The van der Waals surface area contributed by atoms with Crippen LogP contribution in [0, 0.1) is 5.41 Å². The van der Waals surface area contributed by atoms with E-state index in [-0.39, 0.29) is 0 Å². The molecule has 2 nitrogen and oxygen atoms in total. The zero-order valence-electron chi connectivity index (χ0n) is 8.86. The van der Waals surface area contributed by atoms with Gasteiger partial charge in [-0.3, -0.25) is 0 Å². The highest BCUT2D eigenvalue weighted by molar-refractivity contribution is 4.97. The lowest BCUT2D eigenvalue weighted by Crippen LogP contribution is -2.57. The molecule has 1 aliphatic carbocycles. The topological polar surface area (TPSA) is 21.3 Å². The van der Waals surface area contributed by atoms with Gasteiger partial charge >= 0.3 is 0 Å². The molecular formula is C11H21NO. The molecule has 1 saturated heterocycles. The van der Waals surface area contributed by atoms with Gasteiger partial charge in [-0.25, -0.2) is 0 Å². The molecule has 2 aliphatic rings. The van der Waals surface area contributed by atoms with E-state index in [0.29, 0.717) is 11.0 Å². The van der Waals surface area contributed by atoms with Gasteiger partial charge in [0.05, 0.1) is 13.2 Å². The highest BCUT2D eigenvalue weighted by atomic mass is 16.5. The molecule has 1 saturated carbocycles. The molecule has 0 unspecified atom stereocenters. The molecule has 1 aliphatic heterocycles. The highest BCUT2D eigenvalue weighted by Gasteiger charge is 2.39. The van der Waals surface area contributed by atoms with Crippen LogP contribution >= 0.6 is 0 Å². The maximum absolute atomic E-state index is 5.25. The Morgan fingerprint density at radius 1 is 1.31 bits per heavy atom. The molecule has 0 aromatic carbocycles. The van der Waals surface area contributed by atoms with Crippen LogP contribution in [0.15, 0.2) is 0 Å². The third-order valence-electron chi connectivity index (χ3n) is 3.78. The molecule has 0 spiro atoms. The fourth-order valence-corrected chi connectivity index (χ4v) is 2.21. The van der Waals surface area contributed by atoms with Crippen LogP contribution in [0.5, 0.6) is 0 Å². The number of rotatable bonds is 4. The molecule has 0 aromatic heterocycles. The second-order valence-electron chi connectivity index (χ2n) is 5.14. The normalized spacial score (nSPS) is 29.1. The zero-order chi connectivity index (χ0) is 9.36. The summed E-state index contributed by atoms with van der Waals surface area (Å²) in [5.74, 6) is 0. The van der Waals surface area contributed by atoms with Gasteiger partial charge in [0, 0.05) is 17.5 Å². The van der Waals surface area contributed by atoms with E-state index in [0.717, 1.165) is 19.8 Å². The average Bonchev–Trinajstić information content (AvgIpc) is 2.00. The number of nitrogens with one attached hydrogen (secondary N) is 1. The minimum absolute atomic E-state index is 0.428. The van der Waals surface area contributed by atoms with Crippen LogP contribution in [-0.4, -0.2) is 25.3 Å². The molecule has 0 radical (unpaired) electrons. The SMILES string of the molecule is CCC1(NCC2(C)COC2)CCC1. The Bertz CT molecular complexity index is 177. The predicted molar refractivity (Wildman–Crippen MR) is 53.8 cm³/mol. The van der Waals surface area contributed by atoms with Gasteiger partial charge in [-0.05, 0) is 25.7 Å². The van der Waals surface area contributed by atoms with E-state index in [1.54, 1.807) is 0 Å². The minimum atomic E-state index is 0.428. The molecule has 1 heterocycles. The first-order chi connectivity index (χ1) is 6.18. The van der Waals surface area contributed by atoms with Crippen LogP contribution in [-0.2, 0) is 4.74 Å². The van der Waals surface area contributed by atoms with Crippen molar-refractivity contribution in [2.45, 2.75) is 45.1 Å². The quantitative estimate of drug-likeness (QED) is 0.719. The monoisotopic (exact) mass is 183 g/mol. The third-order valence-corrected chi connectivity index (χ3v) is 3.78. The van der Waals surface area contributed by atoms with Crippen molar-refractivity contribution in [1.82, 2.24) is 5.32 Å². The Balaban J connectivity index is 1.77. The first kappa shape index (κ1) is 9.47. The van der Waals surface area contributed by atoms with Crippen LogP contribution < -0.4 is 5.32 Å². The summed E-state index contributed by atoms with van der Waals surface area (Å²) in [7, 11) is 0. The maximum Gasteiger partial charge on any atom is 0.0554 e. The van der Waals surface area contributed by atoms with Crippen molar-refractivity contribution in [2.24, 2.45) is 5.41 Å². The fraction of sp³-hybridized carbons (Fsp3) is 1.00. The van der Waals surface area contributed by atoms with Crippen molar-refractivity contribution in [3.8, 4) is 0 Å². The summed E-state index contributed by atoms with van der Waals surface area (Å²) in [5, 5.41) is 3.74. The van der Waals surface area contributed by atoms with Crippen LogP contribution in [0.4, 0.5) is 0 Å². The van der Waals surface area contributed by atoms with Crippen LogP contribution in [0.3, 0.4) is 0 Å². The van der Waals surface area contributed by atoms with Crippen LogP contribution in [0.25, 0.3) is 0 Å². The Kier molecular flexibility index (Phi) is 2.37. The largest absolute Gasteiger partial charge is 0.380 e. The summed E-state index contributed by atoms with van der Waals surface area (Å²) in [5.41, 5.74) is 0.927. The van der Waals surface area contributed by atoms with E-state index in [2.05, 4.69) is 19.2 Å². The summed E-state index contributed by atoms with van der Waals surface area (Å²) in [6, 6.07) is 0. The molecule has 0 bridgehead atoms. The van der Waals surface area contributed by atoms with Crippen LogP contribution in [0.2, 0.25) is 0 Å². The standard InChI is InChI=1S/C11H21NO/c1-3-11(5-4-6-11)12-7-10(2)8-13-9-10/h12H,3-9H2,1-2H3. The number of hydrogen-bond acceptors (Lipinski definition) is 2. The fourth-order valence-electron chi connectivity index (χ4n) is 2.21. The molecule has 0 aromatic rings. The van der Waals surface area contributed by atoms with Gasteiger partial charge in [-0.1, -0.05) is 13.8 Å². The van der Waals surface area contributed by atoms with Crippen molar-refractivity contribution in [3.63, 3.8) is 0 Å². The van der Waals surface area contributed by atoms with Crippen molar-refractivity contribution in [1.29, 1.82) is 0 Å². The van der Waals surface area contributed by atoms with Gasteiger partial charge in [-0.2, -0.15) is 0 Å². The van der Waals surface area contributed by atoms with Gasteiger partial charge in [0.2, 0.25) is 0 Å². The summed E-state index contributed by atoms with van der Waals surface area (Å²) in [4.78, 5) is 0. The molecule has 2 fully saturated rings. The van der Waals surface area contributed by atoms with Crippen molar-refractivity contribution >= 4 is 0 Å². The molecule has 0 amide bonds. The van der Waals surface area contributed by atoms with E-state index in [1.807, 2.05) is 0 Å². The van der Waals surface area contributed by atoms with Gasteiger partial charge in [0.25, 0.3) is 0 Å². The summed E-state index contributed by atoms with van der Waals surface area (Å²) >= 11 is 0. The zero-order valence-corrected chi connectivity index (χ0v) is 8.86. The summed E-state index contributed by atoms with van der Waals surface area (Å²) in [6.45, 7) is 7.64. The van der Waals surface area contributed by atoms with Crippen molar-refractivity contribution in [2.75, 3.05) is 19.8 Å². The Morgan fingerprint density at radius 2 is 2.00 bits per heavy atom. The lowest BCUT2D eigenvalue weighted by molar-refractivity contribution is -0.104. The smallest absolute Gasteiger partial charge is 0.0554 e. The van der Waals surface area contributed by atoms with Gasteiger partial charge in [-0.15, -0.1) is 0 Å². The van der Waals surface area contributed by atoms with Gasteiger partial charge < -0.3 is 10.1 Å². The lowest BCUT2D eigenvalue weighted by atomic mass is 9.74. The number of ether oxygens (including phenoxy) is 1. The van der Waals surface area contributed by atoms with E-state index in [9.17, 15) is 0 Å². The molecule has 1 N–H and O–H groups in total. The molecular weight excluding hydrogens is 162 g/mol. The van der Waals surface area contributed by atoms with E-state index in [1.165, 1.54) is 25.7 Å². The Hall–Kier alpha value is -0.0800. The van der Waals surface area contributed by atoms with E-state index < -0.39 is 0 Å². The minimum Gasteiger partial charge on any atom is -0.380 e. The van der Waals surface area contributed by atoms with Crippen molar-refractivity contribution in [3.05, 3.63) is 0 Å². The second kappa shape index (κ2) is 3.25. The highest BCUT2D eigenvalue weighted by Crippen LogP contribution is 2.36. The van der Waals surface area contributed by atoms with Crippen molar-refractivity contribution < 1.29 is 4.74 Å². The second-order valence-corrected chi connectivity index (χ2v) is 5.14. The van der Waals surface area contributed by atoms with Crippen LogP contribution in [0.1, 0.15) is 39.5 Å². The first-order valence-corrected chi connectivity index (χ1v) is 5.51. The summed E-state index contributed by atoms with van der Waals surface area (Å²) in [6.07, 6.45) is 5.44. The van der Waals surface area contributed by atoms with E-state index >= 15 is 0 Å². The molecule has 2 rings (SSSR count). The predicted octanol–water partition coefficient (Wildman–Crippen LogP) is 1.95. The maximum atomic E-state index is 5.25. The molecule has 76 valence electrons. The molecule has 2 heteroatoms. The average molecular weight is 183 g/mol. The van der Waals surface area contributed by atoms with E-state index in [4.69, 9.17) is 4.74 Å².